The fourth-order valence-corrected chi connectivity index (χ4v) is 4.59. The molecule has 0 aromatic heterocycles. The van der Waals surface area contributed by atoms with E-state index in [1.807, 2.05) is 0 Å². The maximum Gasteiger partial charge on any atom is 0.0466 e. The molecule has 0 heterocycles. The Kier molecular flexibility index (Phi) is 29.9. The molecule has 1 nitrogen and oxygen atoms in total. The van der Waals surface area contributed by atoms with Crippen molar-refractivity contribution in [3.8, 4) is 0 Å². The molecule has 0 rings (SSSR count). The van der Waals surface area contributed by atoms with E-state index >= 15 is 0 Å². The third kappa shape index (κ3) is 30.0. The first-order valence-corrected chi connectivity index (χ1v) is 15.0. The van der Waals surface area contributed by atoms with E-state index in [2.05, 4.69) is 13.8 Å². The summed E-state index contributed by atoms with van der Waals surface area (Å²) in [6, 6.07) is 0. The second kappa shape index (κ2) is 30.0. The molecule has 0 radical (unpaired) electrons. The van der Waals surface area contributed by atoms with Gasteiger partial charge in [0.25, 0.3) is 0 Å². The van der Waals surface area contributed by atoms with Crippen LogP contribution in [0.15, 0.2) is 0 Å². The van der Waals surface area contributed by atoms with Crippen molar-refractivity contribution in [3.05, 3.63) is 0 Å². The molecule has 0 fully saturated rings. The van der Waals surface area contributed by atoms with Crippen LogP contribution in [0.5, 0.6) is 0 Å². The van der Waals surface area contributed by atoms with Gasteiger partial charge in [0.2, 0.25) is 0 Å². The van der Waals surface area contributed by atoms with Gasteiger partial charge in [-0.1, -0.05) is 168 Å². The molecule has 0 spiro atoms. The van der Waals surface area contributed by atoms with Crippen LogP contribution in [0.25, 0.3) is 0 Å². The molecule has 0 saturated carbocycles. The highest BCUT2D eigenvalue weighted by molar-refractivity contribution is 4.51. The SMILES string of the molecule is CCCCCCCCCCCCCCCCCCCCCCCCCCCOCCC. The Morgan fingerprint density at radius 3 is 0.774 bits per heavy atom. The Morgan fingerprint density at radius 2 is 0.516 bits per heavy atom. The van der Waals surface area contributed by atoms with Crippen molar-refractivity contribution in [1.82, 2.24) is 0 Å². The molecule has 0 aliphatic rings. The zero-order chi connectivity index (χ0) is 22.5. The van der Waals surface area contributed by atoms with Crippen molar-refractivity contribution >= 4 is 0 Å². The molecule has 1 heteroatoms. The largest absolute Gasteiger partial charge is 0.381 e. The van der Waals surface area contributed by atoms with Crippen molar-refractivity contribution in [2.75, 3.05) is 13.2 Å². The lowest BCUT2D eigenvalue weighted by atomic mass is 10.0. The normalized spacial score (nSPS) is 11.4. The molecule has 0 aliphatic carbocycles. The van der Waals surface area contributed by atoms with E-state index in [1.165, 1.54) is 161 Å². The number of rotatable bonds is 28. The van der Waals surface area contributed by atoms with Gasteiger partial charge >= 0.3 is 0 Å². The van der Waals surface area contributed by atoms with Crippen LogP contribution >= 0.6 is 0 Å². The van der Waals surface area contributed by atoms with Crippen LogP contribution in [0, 0.1) is 0 Å². The van der Waals surface area contributed by atoms with Crippen molar-refractivity contribution in [1.29, 1.82) is 0 Å². The maximum absolute atomic E-state index is 5.54. The molecule has 0 atom stereocenters. The number of hydrogen-bond donors (Lipinski definition) is 0. The lowest BCUT2D eigenvalue weighted by molar-refractivity contribution is 0.130. The third-order valence-corrected chi connectivity index (χ3v) is 6.74. The Hall–Kier alpha value is -0.0400. The maximum atomic E-state index is 5.54. The average Bonchev–Trinajstić information content (AvgIpc) is 2.78. The first-order valence-electron chi connectivity index (χ1n) is 15.0. The quantitative estimate of drug-likeness (QED) is 0.110. The molecule has 0 aromatic carbocycles. The van der Waals surface area contributed by atoms with Crippen LogP contribution in [0.3, 0.4) is 0 Å². The van der Waals surface area contributed by atoms with Gasteiger partial charge in [-0.05, 0) is 12.8 Å². The van der Waals surface area contributed by atoms with Gasteiger partial charge in [0.1, 0.15) is 0 Å². The van der Waals surface area contributed by atoms with Crippen LogP contribution in [-0.2, 0) is 4.74 Å². The van der Waals surface area contributed by atoms with E-state index in [0.29, 0.717) is 0 Å². The molecule has 0 bridgehead atoms. The summed E-state index contributed by atoms with van der Waals surface area (Å²) in [5.74, 6) is 0. The van der Waals surface area contributed by atoms with Gasteiger partial charge in [-0.15, -0.1) is 0 Å². The lowest BCUT2D eigenvalue weighted by Gasteiger charge is -2.04. The van der Waals surface area contributed by atoms with E-state index in [1.54, 1.807) is 0 Å². The Labute approximate surface area is 198 Å². The van der Waals surface area contributed by atoms with Gasteiger partial charge in [-0.25, -0.2) is 0 Å². The molecule has 0 saturated heterocycles. The zero-order valence-electron chi connectivity index (χ0n) is 22.2. The van der Waals surface area contributed by atoms with Crippen molar-refractivity contribution in [2.45, 2.75) is 181 Å². The summed E-state index contributed by atoms with van der Waals surface area (Å²) in [4.78, 5) is 0. The number of unbranched alkanes of at least 4 members (excludes halogenated alkanes) is 24. The fraction of sp³-hybridized carbons (Fsp3) is 1.00. The highest BCUT2D eigenvalue weighted by atomic mass is 16.5. The van der Waals surface area contributed by atoms with Crippen LogP contribution in [0.2, 0.25) is 0 Å². The van der Waals surface area contributed by atoms with Crippen LogP contribution in [0.4, 0.5) is 0 Å². The summed E-state index contributed by atoms with van der Waals surface area (Å²) in [5.41, 5.74) is 0. The van der Waals surface area contributed by atoms with E-state index < -0.39 is 0 Å². The minimum atomic E-state index is 0.944. The van der Waals surface area contributed by atoms with Gasteiger partial charge in [0, 0.05) is 13.2 Å². The molecule has 0 aromatic rings. The Bertz CT molecular complexity index is 260. The molecule has 0 unspecified atom stereocenters. The molecular weight excluding hydrogens is 376 g/mol. The minimum absolute atomic E-state index is 0.944. The topological polar surface area (TPSA) is 9.23 Å². The van der Waals surface area contributed by atoms with Gasteiger partial charge in [0.15, 0.2) is 0 Å². The lowest BCUT2D eigenvalue weighted by Crippen LogP contribution is -1.95. The van der Waals surface area contributed by atoms with Gasteiger partial charge in [-0.2, -0.15) is 0 Å². The first kappa shape index (κ1) is 31.0. The number of ether oxygens (including phenoxy) is 1. The summed E-state index contributed by atoms with van der Waals surface area (Å²) >= 11 is 0. The fourth-order valence-electron chi connectivity index (χ4n) is 4.59. The smallest absolute Gasteiger partial charge is 0.0466 e. The van der Waals surface area contributed by atoms with Gasteiger partial charge < -0.3 is 4.74 Å². The molecule has 188 valence electrons. The summed E-state index contributed by atoms with van der Waals surface area (Å²) < 4.78 is 5.54. The van der Waals surface area contributed by atoms with Gasteiger partial charge in [-0.3, -0.25) is 0 Å². The van der Waals surface area contributed by atoms with Crippen LogP contribution in [-0.4, -0.2) is 13.2 Å². The third-order valence-electron chi connectivity index (χ3n) is 6.74. The molecule has 0 amide bonds. The molecular formula is C30H62O. The van der Waals surface area contributed by atoms with E-state index in [4.69, 9.17) is 4.74 Å². The monoisotopic (exact) mass is 438 g/mol. The zero-order valence-corrected chi connectivity index (χ0v) is 22.2. The predicted octanol–water partition coefficient (Wildman–Crippen LogP) is 11.2. The van der Waals surface area contributed by atoms with Crippen molar-refractivity contribution < 1.29 is 4.74 Å². The molecule has 0 aliphatic heterocycles. The molecule has 0 N–H and O–H groups in total. The summed E-state index contributed by atoms with van der Waals surface area (Å²) in [7, 11) is 0. The van der Waals surface area contributed by atoms with Crippen molar-refractivity contribution in [2.24, 2.45) is 0 Å². The Balaban J connectivity index is 2.98. The van der Waals surface area contributed by atoms with E-state index in [-0.39, 0.29) is 0 Å². The van der Waals surface area contributed by atoms with Crippen molar-refractivity contribution in [3.63, 3.8) is 0 Å². The van der Waals surface area contributed by atoms with Crippen LogP contribution in [0.1, 0.15) is 181 Å². The second-order valence-corrected chi connectivity index (χ2v) is 10.1. The summed E-state index contributed by atoms with van der Waals surface area (Å²) in [6.45, 7) is 6.41. The van der Waals surface area contributed by atoms with E-state index in [0.717, 1.165) is 19.6 Å². The highest BCUT2D eigenvalue weighted by Crippen LogP contribution is 2.15. The van der Waals surface area contributed by atoms with E-state index in [9.17, 15) is 0 Å². The average molecular weight is 439 g/mol. The second-order valence-electron chi connectivity index (χ2n) is 10.1. The summed E-state index contributed by atoms with van der Waals surface area (Å²) in [5, 5.41) is 0. The highest BCUT2D eigenvalue weighted by Gasteiger charge is 1.96. The first-order chi connectivity index (χ1) is 15.4. The Morgan fingerprint density at radius 1 is 0.258 bits per heavy atom. The standard InChI is InChI=1S/C30H62O/c1-3-5-6-7-8-9-10-11-12-13-14-15-16-17-18-19-20-21-22-23-24-25-26-27-28-30-31-29-4-2/h3-30H2,1-2H3. The summed E-state index contributed by atoms with van der Waals surface area (Å²) in [6.07, 6.45) is 37.6. The minimum Gasteiger partial charge on any atom is -0.381 e. The number of hydrogen-bond acceptors (Lipinski definition) is 1. The van der Waals surface area contributed by atoms with Crippen LogP contribution < -0.4 is 0 Å². The predicted molar refractivity (Wildman–Crippen MR) is 142 cm³/mol. The molecule has 31 heavy (non-hydrogen) atoms. The van der Waals surface area contributed by atoms with Gasteiger partial charge in [0.05, 0.1) is 0 Å².